The van der Waals surface area contributed by atoms with Crippen molar-refractivity contribution in [3.63, 3.8) is 0 Å². The molecule has 1 fully saturated rings. The zero-order valence-electron chi connectivity index (χ0n) is 13.1. The van der Waals surface area contributed by atoms with Crippen LogP contribution in [-0.4, -0.2) is 48.8 Å². The molecule has 6 nitrogen and oxygen atoms in total. The van der Waals surface area contributed by atoms with E-state index in [1.165, 1.54) is 6.20 Å². The van der Waals surface area contributed by atoms with Crippen LogP contribution in [-0.2, 0) is 14.6 Å². The SMILES string of the molecule is CC(C)(C)OC(=O)N1CCC(CS(=O)(=O)c2nccs2)CC1. The van der Waals surface area contributed by atoms with Gasteiger partial charge in [0.15, 0.2) is 0 Å². The number of hydrogen-bond donors (Lipinski definition) is 0. The summed E-state index contributed by atoms with van der Waals surface area (Å²) in [7, 11) is -3.31. The van der Waals surface area contributed by atoms with Crippen molar-refractivity contribution in [2.24, 2.45) is 5.92 Å². The lowest BCUT2D eigenvalue weighted by Gasteiger charge is -2.33. The third-order valence-electron chi connectivity index (χ3n) is 3.40. The summed E-state index contributed by atoms with van der Waals surface area (Å²) in [5, 5.41) is 1.66. The molecular weight excluding hydrogens is 324 g/mol. The largest absolute Gasteiger partial charge is 0.444 e. The Morgan fingerprint density at radius 1 is 1.41 bits per heavy atom. The van der Waals surface area contributed by atoms with Gasteiger partial charge in [-0.25, -0.2) is 18.2 Å². The average molecular weight is 346 g/mol. The molecule has 0 saturated carbocycles. The molecule has 0 aromatic carbocycles. The lowest BCUT2D eigenvalue weighted by molar-refractivity contribution is 0.0191. The van der Waals surface area contributed by atoms with Crippen molar-refractivity contribution >= 4 is 27.3 Å². The van der Waals surface area contributed by atoms with Gasteiger partial charge in [0.05, 0.1) is 5.75 Å². The maximum atomic E-state index is 12.2. The second-order valence-corrected chi connectivity index (χ2v) is 9.59. The van der Waals surface area contributed by atoms with E-state index in [2.05, 4.69) is 4.98 Å². The topological polar surface area (TPSA) is 76.6 Å². The van der Waals surface area contributed by atoms with E-state index < -0.39 is 15.4 Å². The van der Waals surface area contributed by atoms with Gasteiger partial charge in [-0.15, -0.1) is 11.3 Å². The number of thiazole rings is 1. The van der Waals surface area contributed by atoms with E-state index in [9.17, 15) is 13.2 Å². The highest BCUT2D eigenvalue weighted by Gasteiger charge is 2.30. The van der Waals surface area contributed by atoms with Gasteiger partial charge in [0.25, 0.3) is 0 Å². The van der Waals surface area contributed by atoms with Crippen LogP contribution in [0.5, 0.6) is 0 Å². The second-order valence-electron chi connectivity index (χ2n) is 6.49. The predicted octanol–water partition coefficient (Wildman–Crippen LogP) is 2.56. The summed E-state index contributed by atoms with van der Waals surface area (Å²) < 4.78 is 29.9. The fourth-order valence-electron chi connectivity index (χ4n) is 2.35. The molecule has 0 bridgehead atoms. The summed E-state index contributed by atoms with van der Waals surface area (Å²) >= 11 is 1.15. The number of amides is 1. The summed E-state index contributed by atoms with van der Waals surface area (Å²) in [5.41, 5.74) is -0.512. The van der Waals surface area contributed by atoms with Crippen molar-refractivity contribution in [1.29, 1.82) is 0 Å². The van der Waals surface area contributed by atoms with Gasteiger partial charge in [0, 0.05) is 24.7 Å². The molecule has 1 amide bonds. The number of hydrogen-bond acceptors (Lipinski definition) is 6. The minimum absolute atomic E-state index is 0.0626. The molecule has 8 heteroatoms. The van der Waals surface area contributed by atoms with Crippen LogP contribution in [0.4, 0.5) is 4.79 Å². The molecule has 0 unspecified atom stereocenters. The van der Waals surface area contributed by atoms with Crippen LogP contribution in [0.3, 0.4) is 0 Å². The fourth-order valence-corrected chi connectivity index (χ4v) is 4.99. The highest BCUT2D eigenvalue weighted by Crippen LogP contribution is 2.24. The summed E-state index contributed by atoms with van der Waals surface area (Å²) in [6.45, 7) is 6.56. The van der Waals surface area contributed by atoms with Gasteiger partial charge in [0.2, 0.25) is 14.2 Å². The molecule has 0 radical (unpaired) electrons. The first-order valence-electron chi connectivity index (χ1n) is 7.27. The van der Waals surface area contributed by atoms with Crippen LogP contribution >= 0.6 is 11.3 Å². The lowest BCUT2D eigenvalue weighted by atomic mass is 9.99. The molecule has 0 aliphatic carbocycles. The van der Waals surface area contributed by atoms with E-state index in [4.69, 9.17) is 4.74 Å². The minimum Gasteiger partial charge on any atom is -0.444 e. The molecule has 2 heterocycles. The number of ether oxygens (including phenoxy) is 1. The lowest BCUT2D eigenvalue weighted by Crippen LogP contribution is -2.42. The van der Waals surface area contributed by atoms with Crippen molar-refractivity contribution in [3.05, 3.63) is 11.6 Å². The highest BCUT2D eigenvalue weighted by atomic mass is 32.2. The molecule has 22 heavy (non-hydrogen) atoms. The van der Waals surface area contributed by atoms with E-state index in [-0.39, 0.29) is 22.1 Å². The van der Waals surface area contributed by atoms with Gasteiger partial charge in [0.1, 0.15) is 5.60 Å². The third-order valence-corrected chi connectivity index (χ3v) is 6.56. The number of carbonyl (C=O) groups is 1. The van der Waals surface area contributed by atoms with Crippen LogP contribution in [0.15, 0.2) is 15.9 Å². The monoisotopic (exact) mass is 346 g/mol. The summed E-state index contributed by atoms with van der Waals surface area (Å²) in [6, 6.07) is 0. The number of sulfone groups is 1. The molecule has 124 valence electrons. The molecule has 1 aromatic heterocycles. The molecular formula is C14H22N2O4S2. The number of piperidine rings is 1. The Hall–Kier alpha value is -1.15. The number of rotatable bonds is 3. The minimum atomic E-state index is -3.31. The predicted molar refractivity (Wildman–Crippen MR) is 84.7 cm³/mol. The Morgan fingerprint density at radius 3 is 2.55 bits per heavy atom. The van der Waals surface area contributed by atoms with Crippen molar-refractivity contribution in [2.45, 2.75) is 43.6 Å². The van der Waals surface area contributed by atoms with E-state index >= 15 is 0 Å². The van der Waals surface area contributed by atoms with E-state index in [1.807, 2.05) is 20.8 Å². The zero-order chi connectivity index (χ0) is 16.4. The molecule has 1 aliphatic rings. The molecule has 1 saturated heterocycles. The van der Waals surface area contributed by atoms with Crippen molar-refractivity contribution in [2.75, 3.05) is 18.8 Å². The Morgan fingerprint density at radius 2 is 2.05 bits per heavy atom. The van der Waals surface area contributed by atoms with Gasteiger partial charge in [-0.3, -0.25) is 0 Å². The first-order chi connectivity index (χ1) is 10.2. The second kappa shape index (κ2) is 6.54. The van der Waals surface area contributed by atoms with Crippen LogP contribution in [0.2, 0.25) is 0 Å². The highest BCUT2D eigenvalue weighted by molar-refractivity contribution is 7.93. The van der Waals surface area contributed by atoms with Crippen LogP contribution in [0, 0.1) is 5.92 Å². The summed E-state index contributed by atoms with van der Waals surface area (Å²) in [6.07, 6.45) is 2.52. The number of likely N-dealkylation sites (tertiary alicyclic amines) is 1. The van der Waals surface area contributed by atoms with E-state index in [1.54, 1.807) is 10.3 Å². The van der Waals surface area contributed by atoms with Crippen LogP contribution < -0.4 is 0 Å². The first kappa shape index (κ1) is 17.2. The van der Waals surface area contributed by atoms with Gasteiger partial charge in [-0.05, 0) is 39.5 Å². The Bertz CT molecular complexity index is 597. The summed E-state index contributed by atoms with van der Waals surface area (Å²) in [4.78, 5) is 17.5. The van der Waals surface area contributed by atoms with Crippen molar-refractivity contribution in [3.8, 4) is 0 Å². The van der Waals surface area contributed by atoms with Crippen molar-refractivity contribution in [1.82, 2.24) is 9.88 Å². The van der Waals surface area contributed by atoms with Crippen molar-refractivity contribution < 1.29 is 17.9 Å². The van der Waals surface area contributed by atoms with Gasteiger partial charge < -0.3 is 9.64 Å². The Labute approximate surface area is 135 Å². The number of carbonyl (C=O) groups excluding carboxylic acids is 1. The molecule has 0 N–H and O–H groups in total. The van der Waals surface area contributed by atoms with Crippen LogP contribution in [0.1, 0.15) is 33.6 Å². The molecule has 0 spiro atoms. The maximum Gasteiger partial charge on any atom is 0.410 e. The van der Waals surface area contributed by atoms with Gasteiger partial charge in [-0.1, -0.05) is 0 Å². The molecule has 1 aromatic rings. The smallest absolute Gasteiger partial charge is 0.410 e. The zero-order valence-corrected chi connectivity index (χ0v) is 14.7. The third kappa shape index (κ3) is 4.67. The Kier molecular flexibility index (Phi) is 5.11. The van der Waals surface area contributed by atoms with Gasteiger partial charge >= 0.3 is 6.09 Å². The number of nitrogens with zero attached hydrogens (tertiary/aromatic N) is 2. The molecule has 2 rings (SSSR count). The van der Waals surface area contributed by atoms with E-state index in [0.717, 1.165) is 11.3 Å². The van der Waals surface area contributed by atoms with E-state index in [0.29, 0.717) is 25.9 Å². The molecule has 1 aliphatic heterocycles. The fraction of sp³-hybridized carbons (Fsp3) is 0.714. The first-order valence-corrected chi connectivity index (χ1v) is 9.81. The standard InChI is InChI=1S/C14H22N2O4S2/c1-14(2,3)20-13(17)16-7-4-11(5-8-16)10-22(18,19)12-15-6-9-21-12/h6,9,11H,4-5,7-8,10H2,1-3H3. The molecule has 0 atom stereocenters. The maximum absolute atomic E-state index is 12.2. The Balaban J connectivity index is 1.86. The number of aromatic nitrogens is 1. The normalized spacial score (nSPS) is 17.5. The average Bonchev–Trinajstić information content (AvgIpc) is 2.91. The quantitative estimate of drug-likeness (QED) is 0.841. The van der Waals surface area contributed by atoms with Gasteiger partial charge in [-0.2, -0.15) is 0 Å². The summed E-state index contributed by atoms with van der Waals surface area (Å²) in [5.74, 6) is 0.162. The van der Waals surface area contributed by atoms with Crippen LogP contribution in [0.25, 0.3) is 0 Å².